The number of carbonyl (C=O) groups excluding carboxylic acids is 2. The van der Waals surface area contributed by atoms with Crippen LogP contribution in [0.4, 0.5) is 8.78 Å². The van der Waals surface area contributed by atoms with Gasteiger partial charge in [-0.25, -0.2) is 8.78 Å². The molecular weight excluding hydrogens is 482 g/mol. The first-order chi connectivity index (χ1) is 17.8. The van der Waals surface area contributed by atoms with E-state index in [9.17, 15) is 18.4 Å². The van der Waals surface area contributed by atoms with Gasteiger partial charge in [-0.3, -0.25) is 9.59 Å². The van der Waals surface area contributed by atoms with Crippen molar-refractivity contribution in [2.24, 2.45) is 11.3 Å². The third-order valence-corrected chi connectivity index (χ3v) is 7.81. The fourth-order valence-electron chi connectivity index (χ4n) is 5.32. The fourth-order valence-corrected chi connectivity index (χ4v) is 5.32. The van der Waals surface area contributed by atoms with Crippen molar-refractivity contribution in [2.75, 3.05) is 33.9 Å². The highest BCUT2D eigenvalue weighted by Crippen LogP contribution is 2.44. The number of benzene rings is 2. The van der Waals surface area contributed by atoms with E-state index in [1.165, 1.54) is 27.1 Å². The van der Waals surface area contributed by atoms with Crippen molar-refractivity contribution in [1.29, 1.82) is 0 Å². The van der Waals surface area contributed by atoms with Crippen molar-refractivity contribution in [1.82, 2.24) is 10.2 Å². The Kier molecular flexibility index (Phi) is 6.96. The van der Waals surface area contributed by atoms with E-state index in [1.54, 1.807) is 0 Å². The van der Waals surface area contributed by atoms with E-state index in [4.69, 9.17) is 14.2 Å². The molecule has 0 aromatic heterocycles. The molecule has 2 aromatic rings. The van der Waals surface area contributed by atoms with E-state index < -0.39 is 23.1 Å². The van der Waals surface area contributed by atoms with Gasteiger partial charge >= 0.3 is 0 Å². The molecule has 2 aromatic carbocycles. The summed E-state index contributed by atoms with van der Waals surface area (Å²) in [5.74, 6) is -1.99. The van der Waals surface area contributed by atoms with Crippen LogP contribution in [0.5, 0.6) is 17.2 Å². The van der Waals surface area contributed by atoms with Gasteiger partial charge in [0.1, 0.15) is 11.3 Å². The van der Waals surface area contributed by atoms with E-state index in [0.717, 1.165) is 31.3 Å². The lowest BCUT2D eigenvalue weighted by Crippen LogP contribution is -2.60. The topological polar surface area (TPSA) is 77.1 Å². The maximum absolute atomic E-state index is 14.7. The van der Waals surface area contributed by atoms with Gasteiger partial charge in [0.25, 0.3) is 11.8 Å². The molecule has 1 spiro atoms. The molecule has 0 unspecified atom stereocenters. The Hall–Kier alpha value is -3.36. The van der Waals surface area contributed by atoms with E-state index in [1.807, 2.05) is 29.2 Å². The number of rotatable bonds is 8. The minimum Gasteiger partial charge on any atom is -0.494 e. The summed E-state index contributed by atoms with van der Waals surface area (Å²) >= 11 is 0. The molecule has 3 aliphatic rings. The number of methoxy groups -OCH3 is 2. The number of carbonyl (C=O) groups is 2. The number of hydrogen-bond donors (Lipinski definition) is 1. The second kappa shape index (κ2) is 10.2. The second-order valence-corrected chi connectivity index (χ2v) is 10.5. The highest BCUT2D eigenvalue weighted by atomic mass is 19.1. The molecule has 1 N–H and O–H groups in total. The normalized spacial score (nSPS) is 18.8. The Morgan fingerprint density at radius 2 is 1.57 bits per heavy atom. The lowest BCUT2D eigenvalue weighted by Gasteiger charge is -2.53. The maximum Gasteiger partial charge on any atom is 0.257 e. The van der Waals surface area contributed by atoms with Crippen LogP contribution in [0.2, 0.25) is 0 Å². The summed E-state index contributed by atoms with van der Waals surface area (Å²) in [6.07, 6.45) is 5.45. The van der Waals surface area contributed by atoms with Crippen molar-refractivity contribution in [3.8, 4) is 17.2 Å². The summed E-state index contributed by atoms with van der Waals surface area (Å²) in [5, 5.41) is 2.77. The van der Waals surface area contributed by atoms with E-state index in [0.29, 0.717) is 37.4 Å². The molecule has 198 valence electrons. The van der Waals surface area contributed by atoms with Crippen molar-refractivity contribution in [3.63, 3.8) is 0 Å². The molecule has 2 saturated carbocycles. The first-order valence-corrected chi connectivity index (χ1v) is 12.8. The smallest absolute Gasteiger partial charge is 0.257 e. The molecule has 37 heavy (non-hydrogen) atoms. The molecular formula is C28H32F2N2O5. The highest BCUT2D eigenvalue weighted by molar-refractivity contribution is 5.96. The number of likely N-dealkylation sites (tertiary alicyclic amines) is 1. The van der Waals surface area contributed by atoms with Gasteiger partial charge in [0.2, 0.25) is 0 Å². The third-order valence-electron chi connectivity index (χ3n) is 7.81. The largest absolute Gasteiger partial charge is 0.494 e. The summed E-state index contributed by atoms with van der Waals surface area (Å²) in [5.41, 5.74) is -0.0342. The number of ether oxygens (including phenoxy) is 3. The standard InChI is InChI=1S/C28H32F2N2O5/c1-35-21-13-22(36-2)25(30)23(24(21)29)26(33)31-19-9-11-28(12-10-19)15-32(16-28)27(34)18-5-7-20(8-6-18)37-14-17-3-4-17/h5-8,13,17,19H,3-4,9-12,14-16H2,1-2H3,(H,31,33). The number of nitrogens with zero attached hydrogens (tertiary/aromatic N) is 1. The highest BCUT2D eigenvalue weighted by Gasteiger charge is 2.47. The number of hydrogen-bond acceptors (Lipinski definition) is 5. The monoisotopic (exact) mass is 514 g/mol. The van der Waals surface area contributed by atoms with Gasteiger partial charge in [0.15, 0.2) is 23.1 Å². The first-order valence-electron chi connectivity index (χ1n) is 12.8. The Morgan fingerprint density at radius 3 is 2.11 bits per heavy atom. The Bertz CT molecular complexity index is 1140. The zero-order valence-corrected chi connectivity index (χ0v) is 21.1. The summed E-state index contributed by atoms with van der Waals surface area (Å²) in [7, 11) is 2.48. The minimum atomic E-state index is -1.05. The Morgan fingerprint density at radius 1 is 0.973 bits per heavy atom. The van der Waals surface area contributed by atoms with Crippen LogP contribution in [0.1, 0.15) is 59.2 Å². The van der Waals surface area contributed by atoms with Gasteiger partial charge in [0, 0.05) is 36.2 Å². The van der Waals surface area contributed by atoms with Crippen molar-refractivity contribution in [3.05, 3.63) is 53.1 Å². The maximum atomic E-state index is 14.7. The zero-order valence-electron chi connectivity index (χ0n) is 21.1. The number of halogens is 2. The lowest BCUT2D eigenvalue weighted by atomic mass is 9.67. The fraction of sp³-hybridized carbons (Fsp3) is 0.500. The molecule has 9 heteroatoms. The summed E-state index contributed by atoms with van der Waals surface area (Å²) < 4.78 is 44.9. The van der Waals surface area contributed by atoms with Crippen molar-refractivity contribution >= 4 is 11.8 Å². The van der Waals surface area contributed by atoms with Crippen LogP contribution in [0.15, 0.2) is 30.3 Å². The molecule has 3 fully saturated rings. The van der Waals surface area contributed by atoms with E-state index in [2.05, 4.69) is 5.32 Å². The molecule has 5 rings (SSSR count). The third kappa shape index (κ3) is 5.22. The quantitative estimate of drug-likeness (QED) is 0.558. The summed E-state index contributed by atoms with van der Waals surface area (Å²) in [4.78, 5) is 27.5. The zero-order chi connectivity index (χ0) is 26.2. The predicted octanol–water partition coefficient (Wildman–Crippen LogP) is 4.59. The van der Waals surface area contributed by atoms with Crippen LogP contribution < -0.4 is 19.5 Å². The average molecular weight is 515 g/mol. The summed E-state index contributed by atoms with van der Waals surface area (Å²) in [6.45, 7) is 2.08. The van der Waals surface area contributed by atoms with Crippen LogP contribution in [-0.4, -0.2) is 56.7 Å². The SMILES string of the molecule is COc1cc(OC)c(F)c(C(=O)NC2CCC3(CC2)CN(C(=O)c2ccc(OCC4CC4)cc2)C3)c1F. The molecule has 1 saturated heterocycles. The Labute approximate surface area is 215 Å². The molecule has 0 bridgehead atoms. The van der Waals surface area contributed by atoms with Gasteiger partial charge in [-0.2, -0.15) is 0 Å². The summed E-state index contributed by atoms with van der Waals surface area (Å²) in [6, 6.07) is 8.20. The predicted molar refractivity (Wildman–Crippen MR) is 132 cm³/mol. The van der Waals surface area contributed by atoms with E-state index in [-0.39, 0.29) is 28.9 Å². The van der Waals surface area contributed by atoms with Crippen LogP contribution in [0, 0.1) is 23.0 Å². The van der Waals surface area contributed by atoms with Gasteiger partial charge in [0.05, 0.1) is 20.8 Å². The molecule has 2 aliphatic carbocycles. The van der Waals surface area contributed by atoms with Crippen LogP contribution in [0.3, 0.4) is 0 Å². The molecule has 0 radical (unpaired) electrons. The van der Waals surface area contributed by atoms with Gasteiger partial charge in [-0.05, 0) is 68.7 Å². The average Bonchev–Trinajstić information content (AvgIpc) is 3.71. The van der Waals surface area contributed by atoms with E-state index >= 15 is 0 Å². The molecule has 0 atom stereocenters. The number of nitrogens with one attached hydrogen (secondary N) is 1. The molecule has 7 nitrogen and oxygen atoms in total. The first kappa shape index (κ1) is 25.3. The van der Waals surface area contributed by atoms with Gasteiger partial charge in [-0.15, -0.1) is 0 Å². The van der Waals surface area contributed by atoms with Crippen LogP contribution in [-0.2, 0) is 0 Å². The molecule has 2 amide bonds. The van der Waals surface area contributed by atoms with Crippen molar-refractivity contribution in [2.45, 2.75) is 44.6 Å². The van der Waals surface area contributed by atoms with Gasteiger partial charge < -0.3 is 24.4 Å². The van der Waals surface area contributed by atoms with Crippen LogP contribution in [0.25, 0.3) is 0 Å². The molecule has 1 aliphatic heterocycles. The van der Waals surface area contributed by atoms with Crippen molar-refractivity contribution < 1.29 is 32.6 Å². The Balaban J connectivity index is 1.13. The van der Waals surface area contributed by atoms with Crippen LogP contribution >= 0.6 is 0 Å². The second-order valence-electron chi connectivity index (χ2n) is 10.5. The molecule has 1 heterocycles. The lowest BCUT2D eigenvalue weighted by molar-refractivity contribution is -0.0198. The van der Waals surface area contributed by atoms with Gasteiger partial charge in [-0.1, -0.05) is 0 Å². The number of amides is 2. The minimum absolute atomic E-state index is 0.00715.